The summed E-state index contributed by atoms with van der Waals surface area (Å²) in [5, 5.41) is 8.84. The van der Waals surface area contributed by atoms with Crippen LogP contribution >= 0.6 is 0 Å². The smallest absolute Gasteiger partial charge is 0.124 e. The van der Waals surface area contributed by atoms with E-state index in [0.717, 1.165) is 11.3 Å². The van der Waals surface area contributed by atoms with E-state index in [2.05, 4.69) is 6.07 Å². The molecule has 0 aliphatic carbocycles. The van der Waals surface area contributed by atoms with Gasteiger partial charge in [0.05, 0.1) is 11.6 Å². The Balaban J connectivity index is 2.21. The van der Waals surface area contributed by atoms with Crippen molar-refractivity contribution in [3.8, 4) is 6.07 Å². The first kappa shape index (κ1) is 13.1. The molecule has 0 bridgehead atoms. The van der Waals surface area contributed by atoms with E-state index >= 15 is 0 Å². The lowest BCUT2D eigenvalue weighted by Crippen LogP contribution is -2.16. The minimum atomic E-state index is -0.369. The summed E-state index contributed by atoms with van der Waals surface area (Å²) in [7, 11) is 1.95. The Hall–Kier alpha value is -2.34. The van der Waals surface area contributed by atoms with Crippen molar-refractivity contribution in [3.63, 3.8) is 0 Å². The van der Waals surface area contributed by atoms with Crippen molar-refractivity contribution < 1.29 is 4.39 Å². The third-order valence-electron chi connectivity index (χ3n) is 2.95. The van der Waals surface area contributed by atoms with Gasteiger partial charge >= 0.3 is 0 Å². The highest BCUT2D eigenvalue weighted by Gasteiger charge is 2.05. The van der Waals surface area contributed by atoms with E-state index in [1.165, 1.54) is 17.7 Å². The average Bonchev–Trinajstić information content (AvgIpc) is 2.38. The average molecular weight is 254 g/mol. The molecule has 2 aromatic carbocycles. The summed E-state index contributed by atoms with van der Waals surface area (Å²) >= 11 is 0. The molecule has 0 aromatic heterocycles. The number of aryl methyl sites for hydroxylation is 1. The third kappa shape index (κ3) is 3.32. The van der Waals surface area contributed by atoms with Gasteiger partial charge in [-0.1, -0.05) is 12.1 Å². The number of hydrogen-bond acceptors (Lipinski definition) is 2. The molecule has 0 unspecified atom stereocenters. The second-order valence-corrected chi connectivity index (χ2v) is 4.66. The Labute approximate surface area is 112 Å². The van der Waals surface area contributed by atoms with E-state index < -0.39 is 0 Å². The third-order valence-corrected chi connectivity index (χ3v) is 2.95. The standard InChI is InChI=1S/C16H15FN2/c1-12-4-3-5-16(6-12)19(2)11-14-7-13(10-18)8-15(17)9-14/h3-9H,11H2,1-2H3. The first-order chi connectivity index (χ1) is 9.08. The number of halogens is 1. The van der Waals surface area contributed by atoms with Crippen molar-refractivity contribution in [1.29, 1.82) is 5.26 Å². The fourth-order valence-electron chi connectivity index (χ4n) is 2.04. The molecule has 3 heteroatoms. The Kier molecular flexibility index (Phi) is 3.82. The van der Waals surface area contributed by atoms with Gasteiger partial charge in [-0.3, -0.25) is 0 Å². The molecule has 0 aliphatic rings. The number of hydrogen-bond donors (Lipinski definition) is 0. The second kappa shape index (κ2) is 5.53. The van der Waals surface area contributed by atoms with Gasteiger partial charge in [0.25, 0.3) is 0 Å². The SMILES string of the molecule is Cc1cccc(N(C)Cc2cc(F)cc(C#N)c2)c1. The van der Waals surface area contributed by atoms with Gasteiger partial charge in [0.15, 0.2) is 0 Å². The van der Waals surface area contributed by atoms with Crippen molar-refractivity contribution in [2.45, 2.75) is 13.5 Å². The predicted octanol–water partition coefficient (Wildman–Crippen LogP) is 3.64. The Bertz CT molecular complexity index is 629. The summed E-state index contributed by atoms with van der Waals surface area (Å²) in [5.74, 6) is -0.369. The van der Waals surface area contributed by atoms with Gasteiger partial charge in [-0.25, -0.2) is 4.39 Å². The molecule has 0 amide bonds. The van der Waals surface area contributed by atoms with Crippen molar-refractivity contribution in [1.82, 2.24) is 0 Å². The number of benzene rings is 2. The van der Waals surface area contributed by atoms with Gasteiger partial charge in [0, 0.05) is 19.3 Å². The molecule has 2 nitrogen and oxygen atoms in total. The van der Waals surface area contributed by atoms with Crippen LogP contribution in [0.2, 0.25) is 0 Å². The highest BCUT2D eigenvalue weighted by atomic mass is 19.1. The lowest BCUT2D eigenvalue weighted by Gasteiger charge is -2.20. The monoisotopic (exact) mass is 254 g/mol. The lowest BCUT2D eigenvalue weighted by molar-refractivity contribution is 0.624. The summed E-state index contributed by atoms with van der Waals surface area (Å²) in [6.45, 7) is 2.60. The molecular formula is C16H15FN2. The maximum Gasteiger partial charge on any atom is 0.124 e. The number of anilines is 1. The minimum absolute atomic E-state index is 0.354. The number of rotatable bonds is 3. The van der Waals surface area contributed by atoms with Crippen LogP contribution in [0.1, 0.15) is 16.7 Å². The number of nitrogens with zero attached hydrogens (tertiary/aromatic N) is 2. The van der Waals surface area contributed by atoms with Crippen LogP contribution < -0.4 is 4.90 Å². The maximum absolute atomic E-state index is 13.4. The van der Waals surface area contributed by atoms with E-state index in [4.69, 9.17) is 5.26 Å². The molecule has 19 heavy (non-hydrogen) atoms. The highest BCUT2D eigenvalue weighted by Crippen LogP contribution is 2.18. The minimum Gasteiger partial charge on any atom is -0.370 e. The second-order valence-electron chi connectivity index (χ2n) is 4.66. The van der Waals surface area contributed by atoms with Crippen LogP contribution in [-0.4, -0.2) is 7.05 Å². The Morgan fingerprint density at radius 2 is 2.00 bits per heavy atom. The summed E-state index contributed by atoms with van der Waals surface area (Å²) in [6.07, 6.45) is 0. The van der Waals surface area contributed by atoms with Crippen LogP contribution in [0.4, 0.5) is 10.1 Å². The summed E-state index contributed by atoms with van der Waals surface area (Å²) in [6, 6.07) is 14.5. The molecule has 0 spiro atoms. The van der Waals surface area contributed by atoms with Crippen LogP contribution in [-0.2, 0) is 6.54 Å². The topological polar surface area (TPSA) is 27.0 Å². The van der Waals surface area contributed by atoms with Gasteiger partial charge in [-0.15, -0.1) is 0 Å². The fourth-order valence-corrected chi connectivity index (χ4v) is 2.04. The lowest BCUT2D eigenvalue weighted by atomic mass is 10.1. The van der Waals surface area contributed by atoms with Crippen molar-refractivity contribution >= 4 is 5.69 Å². The quantitative estimate of drug-likeness (QED) is 0.836. The Morgan fingerprint density at radius 1 is 1.21 bits per heavy atom. The molecule has 0 radical (unpaired) electrons. The first-order valence-electron chi connectivity index (χ1n) is 6.06. The maximum atomic E-state index is 13.4. The van der Waals surface area contributed by atoms with Crippen LogP contribution in [0.5, 0.6) is 0 Å². The van der Waals surface area contributed by atoms with Gasteiger partial charge in [0.2, 0.25) is 0 Å². The van der Waals surface area contributed by atoms with Crippen LogP contribution in [0, 0.1) is 24.1 Å². The normalized spacial score (nSPS) is 10.0. The van der Waals surface area contributed by atoms with Gasteiger partial charge in [-0.2, -0.15) is 5.26 Å². The zero-order chi connectivity index (χ0) is 13.8. The van der Waals surface area contributed by atoms with Crippen LogP contribution in [0.25, 0.3) is 0 Å². The molecule has 2 rings (SSSR count). The molecule has 0 atom stereocenters. The van der Waals surface area contributed by atoms with Crippen molar-refractivity contribution in [2.75, 3.05) is 11.9 Å². The molecule has 2 aromatic rings. The summed E-state index contributed by atoms with van der Waals surface area (Å²) in [5.41, 5.74) is 3.40. The van der Waals surface area contributed by atoms with Gasteiger partial charge < -0.3 is 4.90 Å². The zero-order valence-electron chi connectivity index (χ0n) is 11.0. The van der Waals surface area contributed by atoms with E-state index in [1.54, 1.807) is 6.07 Å². The Morgan fingerprint density at radius 3 is 2.68 bits per heavy atom. The molecule has 0 saturated heterocycles. The molecule has 0 fully saturated rings. The van der Waals surface area contributed by atoms with Crippen molar-refractivity contribution in [2.24, 2.45) is 0 Å². The predicted molar refractivity (Wildman–Crippen MR) is 74.4 cm³/mol. The first-order valence-corrected chi connectivity index (χ1v) is 6.06. The van der Waals surface area contributed by atoms with Crippen molar-refractivity contribution in [3.05, 3.63) is 65.0 Å². The van der Waals surface area contributed by atoms with Gasteiger partial charge in [-0.05, 0) is 48.4 Å². The van der Waals surface area contributed by atoms with E-state index in [0.29, 0.717) is 12.1 Å². The zero-order valence-corrected chi connectivity index (χ0v) is 11.0. The van der Waals surface area contributed by atoms with E-state index in [9.17, 15) is 4.39 Å². The van der Waals surface area contributed by atoms with Gasteiger partial charge in [0.1, 0.15) is 5.82 Å². The molecular weight excluding hydrogens is 239 g/mol. The van der Waals surface area contributed by atoms with Crippen LogP contribution in [0.3, 0.4) is 0 Å². The summed E-state index contributed by atoms with van der Waals surface area (Å²) < 4.78 is 13.4. The van der Waals surface area contributed by atoms with E-state index in [1.807, 2.05) is 43.1 Å². The fraction of sp³-hybridized carbons (Fsp3) is 0.188. The molecule has 0 aliphatic heterocycles. The molecule has 0 N–H and O–H groups in total. The molecule has 96 valence electrons. The number of nitriles is 1. The largest absolute Gasteiger partial charge is 0.370 e. The summed E-state index contributed by atoms with van der Waals surface area (Å²) in [4.78, 5) is 2.03. The van der Waals surface area contributed by atoms with E-state index in [-0.39, 0.29) is 5.82 Å². The van der Waals surface area contributed by atoms with Crippen LogP contribution in [0.15, 0.2) is 42.5 Å². The highest BCUT2D eigenvalue weighted by molar-refractivity contribution is 5.48. The molecule has 0 heterocycles. The molecule has 0 saturated carbocycles.